The Morgan fingerprint density at radius 2 is 2.07 bits per heavy atom. The second kappa shape index (κ2) is 3.67. The highest BCUT2D eigenvalue weighted by Crippen LogP contribution is 2.28. The number of hydrogen-bond acceptors (Lipinski definition) is 3. The fraction of sp³-hybridized carbons (Fsp3) is 0.909. The van der Waals surface area contributed by atoms with Crippen molar-refractivity contribution < 1.29 is 14.6 Å². The van der Waals surface area contributed by atoms with E-state index in [2.05, 4.69) is 0 Å². The number of aliphatic hydroxyl groups is 1. The molecule has 1 amide bonds. The van der Waals surface area contributed by atoms with E-state index in [1.54, 1.807) is 0 Å². The summed E-state index contributed by atoms with van der Waals surface area (Å²) in [6.45, 7) is 10.2. The van der Waals surface area contributed by atoms with Crippen LogP contribution < -0.4 is 0 Å². The standard InChI is InChI=1S/C11H21NO3/c1-10(2,3)6-8(13)12-7-11(4,5)15-9(12)14/h8,13H,6-7H2,1-5H3. The van der Waals surface area contributed by atoms with Crippen LogP contribution in [-0.4, -0.2) is 34.5 Å². The van der Waals surface area contributed by atoms with Crippen molar-refractivity contribution in [3.63, 3.8) is 0 Å². The van der Waals surface area contributed by atoms with Gasteiger partial charge in [0.2, 0.25) is 0 Å². The maximum Gasteiger partial charge on any atom is 0.412 e. The number of rotatable bonds is 2. The molecular formula is C11H21NO3. The maximum atomic E-state index is 11.5. The van der Waals surface area contributed by atoms with Crippen LogP contribution in [0.15, 0.2) is 0 Å². The Labute approximate surface area is 91.2 Å². The monoisotopic (exact) mass is 215 g/mol. The molecule has 0 radical (unpaired) electrons. The average molecular weight is 215 g/mol. The third kappa shape index (κ3) is 3.38. The minimum Gasteiger partial charge on any atom is -0.441 e. The topological polar surface area (TPSA) is 49.8 Å². The van der Waals surface area contributed by atoms with Crippen molar-refractivity contribution in [1.29, 1.82) is 0 Å². The van der Waals surface area contributed by atoms with E-state index in [4.69, 9.17) is 4.74 Å². The summed E-state index contributed by atoms with van der Waals surface area (Å²) in [7, 11) is 0. The summed E-state index contributed by atoms with van der Waals surface area (Å²) in [5.74, 6) is 0. The number of hydrogen-bond donors (Lipinski definition) is 1. The zero-order valence-corrected chi connectivity index (χ0v) is 10.2. The molecule has 1 rings (SSSR count). The second-order valence-corrected chi connectivity index (χ2v) is 6.00. The molecule has 1 aliphatic heterocycles. The van der Waals surface area contributed by atoms with E-state index in [-0.39, 0.29) is 5.41 Å². The molecule has 0 aromatic rings. The zero-order valence-electron chi connectivity index (χ0n) is 10.2. The molecule has 4 nitrogen and oxygen atoms in total. The number of ether oxygens (including phenoxy) is 1. The number of carbonyl (C=O) groups is 1. The molecule has 1 atom stereocenters. The van der Waals surface area contributed by atoms with Crippen LogP contribution in [0.3, 0.4) is 0 Å². The number of carbonyl (C=O) groups excluding carboxylic acids is 1. The molecule has 0 aromatic heterocycles. The maximum absolute atomic E-state index is 11.5. The van der Waals surface area contributed by atoms with E-state index in [1.165, 1.54) is 4.90 Å². The third-order valence-electron chi connectivity index (χ3n) is 2.30. The average Bonchev–Trinajstić information content (AvgIpc) is 2.20. The molecule has 0 saturated carbocycles. The lowest BCUT2D eigenvalue weighted by Gasteiger charge is -2.27. The molecule has 0 aliphatic carbocycles. The van der Waals surface area contributed by atoms with Gasteiger partial charge in [0.25, 0.3) is 0 Å². The van der Waals surface area contributed by atoms with Gasteiger partial charge in [-0.15, -0.1) is 0 Å². The molecule has 1 unspecified atom stereocenters. The van der Waals surface area contributed by atoms with Gasteiger partial charge in [0.1, 0.15) is 11.8 Å². The predicted molar refractivity (Wildman–Crippen MR) is 57.3 cm³/mol. The highest BCUT2D eigenvalue weighted by atomic mass is 16.6. The van der Waals surface area contributed by atoms with Crippen molar-refractivity contribution >= 4 is 6.09 Å². The van der Waals surface area contributed by atoms with Crippen molar-refractivity contribution in [3.05, 3.63) is 0 Å². The van der Waals surface area contributed by atoms with Crippen LogP contribution in [0.25, 0.3) is 0 Å². The lowest BCUT2D eigenvalue weighted by molar-refractivity contribution is 0.00815. The second-order valence-electron chi connectivity index (χ2n) is 6.00. The van der Waals surface area contributed by atoms with E-state index in [0.29, 0.717) is 13.0 Å². The molecule has 88 valence electrons. The Balaban J connectivity index is 2.62. The summed E-state index contributed by atoms with van der Waals surface area (Å²) in [5, 5.41) is 9.91. The first-order valence-corrected chi connectivity index (χ1v) is 5.28. The summed E-state index contributed by atoms with van der Waals surface area (Å²) in [6.07, 6.45) is -0.617. The fourth-order valence-electron chi connectivity index (χ4n) is 1.69. The van der Waals surface area contributed by atoms with Gasteiger partial charge < -0.3 is 9.84 Å². The van der Waals surface area contributed by atoms with Gasteiger partial charge >= 0.3 is 6.09 Å². The van der Waals surface area contributed by atoms with Crippen LogP contribution in [0.5, 0.6) is 0 Å². The van der Waals surface area contributed by atoms with Crippen LogP contribution in [0.2, 0.25) is 0 Å². The lowest BCUT2D eigenvalue weighted by atomic mass is 9.91. The summed E-state index contributed by atoms with van der Waals surface area (Å²) in [5.41, 5.74) is -0.498. The van der Waals surface area contributed by atoms with E-state index in [0.717, 1.165) is 0 Å². The Morgan fingerprint density at radius 1 is 1.53 bits per heavy atom. The Kier molecular flexibility index (Phi) is 3.01. The highest BCUT2D eigenvalue weighted by molar-refractivity contribution is 5.70. The van der Waals surface area contributed by atoms with Gasteiger partial charge in [-0.2, -0.15) is 0 Å². The van der Waals surface area contributed by atoms with Crippen LogP contribution >= 0.6 is 0 Å². The van der Waals surface area contributed by atoms with Gasteiger partial charge in [0.05, 0.1) is 6.54 Å². The van der Waals surface area contributed by atoms with Gasteiger partial charge in [0.15, 0.2) is 0 Å². The van der Waals surface area contributed by atoms with Gasteiger partial charge in [0, 0.05) is 0 Å². The first-order chi connectivity index (χ1) is 6.61. The summed E-state index contributed by atoms with van der Waals surface area (Å²) < 4.78 is 5.12. The van der Waals surface area contributed by atoms with Crippen molar-refractivity contribution in [3.8, 4) is 0 Å². The Bertz CT molecular complexity index is 255. The lowest BCUT2D eigenvalue weighted by Crippen LogP contribution is -2.39. The molecule has 0 aromatic carbocycles. The third-order valence-corrected chi connectivity index (χ3v) is 2.30. The van der Waals surface area contributed by atoms with Crippen LogP contribution in [-0.2, 0) is 4.74 Å². The zero-order chi connectivity index (χ0) is 11.9. The smallest absolute Gasteiger partial charge is 0.412 e. The molecule has 1 saturated heterocycles. The molecule has 15 heavy (non-hydrogen) atoms. The van der Waals surface area contributed by atoms with Gasteiger partial charge in [-0.25, -0.2) is 4.79 Å². The SMILES string of the molecule is CC(C)(C)CC(O)N1CC(C)(C)OC1=O. The van der Waals surface area contributed by atoms with Crippen LogP contribution in [0.1, 0.15) is 41.0 Å². The van der Waals surface area contributed by atoms with E-state index < -0.39 is 17.9 Å². The first-order valence-electron chi connectivity index (χ1n) is 5.28. The van der Waals surface area contributed by atoms with Crippen LogP contribution in [0.4, 0.5) is 4.79 Å². The largest absolute Gasteiger partial charge is 0.441 e. The number of nitrogens with zero attached hydrogens (tertiary/aromatic N) is 1. The number of aliphatic hydroxyl groups excluding tert-OH is 1. The minimum absolute atomic E-state index is 0.00751. The highest BCUT2D eigenvalue weighted by Gasteiger charge is 2.41. The van der Waals surface area contributed by atoms with Crippen molar-refractivity contribution in [2.45, 2.75) is 52.9 Å². The molecule has 1 fully saturated rings. The van der Waals surface area contributed by atoms with Gasteiger partial charge in [-0.3, -0.25) is 4.90 Å². The summed E-state index contributed by atoms with van der Waals surface area (Å²) >= 11 is 0. The van der Waals surface area contributed by atoms with E-state index in [9.17, 15) is 9.90 Å². The van der Waals surface area contributed by atoms with Crippen LogP contribution in [0, 0.1) is 5.41 Å². The Morgan fingerprint density at radius 3 is 2.40 bits per heavy atom. The normalized spacial score (nSPS) is 22.8. The first kappa shape index (κ1) is 12.3. The molecule has 0 spiro atoms. The summed E-state index contributed by atoms with van der Waals surface area (Å²) in [6, 6.07) is 0. The number of cyclic esters (lactones) is 1. The quantitative estimate of drug-likeness (QED) is 0.766. The summed E-state index contributed by atoms with van der Waals surface area (Å²) in [4.78, 5) is 12.9. The van der Waals surface area contributed by atoms with Crippen molar-refractivity contribution in [2.75, 3.05) is 6.54 Å². The molecule has 4 heteroatoms. The van der Waals surface area contributed by atoms with Crippen molar-refractivity contribution in [1.82, 2.24) is 4.90 Å². The fourth-order valence-corrected chi connectivity index (χ4v) is 1.69. The predicted octanol–water partition coefficient (Wildman–Crippen LogP) is 1.97. The Hall–Kier alpha value is -0.770. The van der Waals surface area contributed by atoms with E-state index in [1.807, 2.05) is 34.6 Å². The van der Waals surface area contributed by atoms with E-state index >= 15 is 0 Å². The molecular weight excluding hydrogens is 194 g/mol. The van der Waals surface area contributed by atoms with Crippen molar-refractivity contribution in [2.24, 2.45) is 5.41 Å². The molecule has 1 aliphatic rings. The van der Waals surface area contributed by atoms with Gasteiger partial charge in [-0.05, 0) is 25.7 Å². The minimum atomic E-state index is -0.751. The molecule has 0 bridgehead atoms. The van der Waals surface area contributed by atoms with Gasteiger partial charge in [-0.1, -0.05) is 20.8 Å². The number of amides is 1. The molecule has 1 heterocycles. The molecule has 1 N–H and O–H groups in total.